The number of benzene rings is 2. The van der Waals surface area contributed by atoms with Crippen LogP contribution in [0.25, 0.3) is 0 Å². The molecule has 180 valence electrons. The van der Waals surface area contributed by atoms with Crippen molar-refractivity contribution in [3.63, 3.8) is 0 Å². The first-order valence-corrected chi connectivity index (χ1v) is 11.9. The molecule has 34 heavy (non-hydrogen) atoms. The predicted molar refractivity (Wildman–Crippen MR) is 134 cm³/mol. The van der Waals surface area contributed by atoms with Gasteiger partial charge >= 0.3 is 0 Å². The number of amides is 1. The Kier molecular flexibility index (Phi) is 7.82. The van der Waals surface area contributed by atoms with E-state index in [2.05, 4.69) is 15.5 Å². The van der Waals surface area contributed by atoms with E-state index < -0.39 is 5.91 Å². The van der Waals surface area contributed by atoms with Gasteiger partial charge in [-0.25, -0.2) is 0 Å². The first-order chi connectivity index (χ1) is 16.5. The van der Waals surface area contributed by atoms with Crippen LogP contribution in [-0.2, 0) is 4.79 Å². The van der Waals surface area contributed by atoms with Gasteiger partial charge in [0.15, 0.2) is 0 Å². The Morgan fingerprint density at radius 3 is 2.18 bits per heavy atom. The highest BCUT2D eigenvalue weighted by atomic mass is 16.5. The maximum atomic E-state index is 12.2. The Bertz CT molecular complexity index is 1010. The number of nitrogens with one attached hydrogen (secondary N) is 3. The maximum absolute atomic E-state index is 12.2. The van der Waals surface area contributed by atoms with Crippen molar-refractivity contribution in [1.82, 2.24) is 15.5 Å². The summed E-state index contributed by atoms with van der Waals surface area (Å²) in [5, 5.41) is 15.3. The Morgan fingerprint density at radius 1 is 0.941 bits per heavy atom. The SMILES string of the molecule is N=C(/C(C(N)=O)=C(/N)N[C@H]1CC[C@@H](N2CCNCC2)CC1)c1ccc(Oc2ccccc2)cc1. The molecule has 0 unspecified atom stereocenters. The van der Waals surface area contributed by atoms with Crippen LogP contribution < -0.4 is 26.8 Å². The number of nitrogens with zero attached hydrogens (tertiary/aromatic N) is 1. The molecule has 0 bridgehead atoms. The zero-order valence-corrected chi connectivity index (χ0v) is 19.4. The summed E-state index contributed by atoms with van der Waals surface area (Å²) in [6, 6.07) is 17.2. The third-order valence-electron chi connectivity index (χ3n) is 6.61. The Morgan fingerprint density at radius 2 is 1.56 bits per heavy atom. The molecule has 1 aliphatic carbocycles. The van der Waals surface area contributed by atoms with Crippen molar-refractivity contribution in [2.75, 3.05) is 26.2 Å². The smallest absolute Gasteiger partial charge is 0.254 e. The van der Waals surface area contributed by atoms with E-state index in [-0.39, 0.29) is 23.1 Å². The maximum Gasteiger partial charge on any atom is 0.254 e. The van der Waals surface area contributed by atoms with Crippen molar-refractivity contribution in [2.45, 2.75) is 37.8 Å². The summed E-state index contributed by atoms with van der Waals surface area (Å²) in [4.78, 5) is 14.8. The minimum Gasteiger partial charge on any atom is -0.457 e. The Balaban J connectivity index is 1.38. The van der Waals surface area contributed by atoms with E-state index in [9.17, 15) is 4.79 Å². The lowest BCUT2D eigenvalue weighted by molar-refractivity contribution is -0.114. The quantitative estimate of drug-likeness (QED) is 0.302. The number of ether oxygens (including phenoxy) is 1. The minimum atomic E-state index is -0.714. The monoisotopic (exact) mass is 462 g/mol. The number of piperazine rings is 1. The topological polar surface area (TPSA) is 129 Å². The normalized spacial score (nSPS) is 21.9. The van der Waals surface area contributed by atoms with Gasteiger partial charge < -0.3 is 26.8 Å². The van der Waals surface area contributed by atoms with E-state index >= 15 is 0 Å². The van der Waals surface area contributed by atoms with E-state index in [0.29, 0.717) is 17.4 Å². The molecule has 1 heterocycles. The first-order valence-electron chi connectivity index (χ1n) is 11.9. The lowest BCUT2D eigenvalue weighted by Gasteiger charge is -2.39. The molecule has 1 aliphatic heterocycles. The highest BCUT2D eigenvalue weighted by molar-refractivity contribution is 6.26. The van der Waals surface area contributed by atoms with Gasteiger partial charge in [0.25, 0.3) is 5.91 Å². The standard InChI is InChI=1S/C26H34N6O2/c27-24(18-6-12-22(13-7-18)34-21-4-2-1-3-5-21)23(26(29)33)25(28)31-19-8-10-20(11-9-19)32-16-14-30-15-17-32/h1-7,12-13,19-20,27,30-31H,8-11,14-17,28H2,(H2,29,33)/b25-23+,27-24?/t19-,20+. The molecule has 0 aromatic heterocycles. The predicted octanol–water partition coefficient (Wildman–Crippen LogP) is 2.31. The molecule has 1 amide bonds. The van der Waals surface area contributed by atoms with Gasteiger partial charge in [0, 0.05) is 43.8 Å². The lowest BCUT2D eigenvalue weighted by atomic mass is 9.89. The number of primary amides is 1. The lowest BCUT2D eigenvalue weighted by Crippen LogP contribution is -2.50. The minimum absolute atomic E-state index is 0.00161. The number of carbonyl (C=O) groups excluding carboxylic acids is 1. The molecular weight excluding hydrogens is 428 g/mol. The van der Waals surface area contributed by atoms with Gasteiger partial charge in [0.2, 0.25) is 0 Å². The summed E-state index contributed by atoms with van der Waals surface area (Å²) in [5.41, 5.74) is 12.5. The summed E-state index contributed by atoms with van der Waals surface area (Å²) >= 11 is 0. The van der Waals surface area contributed by atoms with Crippen LogP contribution in [0.2, 0.25) is 0 Å². The fourth-order valence-electron chi connectivity index (χ4n) is 4.77. The summed E-state index contributed by atoms with van der Waals surface area (Å²) in [6.45, 7) is 4.31. The van der Waals surface area contributed by atoms with Gasteiger partial charge in [-0.3, -0.25) is 15.1 Å². The molecule has 2 aromatic carbocycles. The average Bonchev–Trinajstić information content (AvgIpc) is 2.86. The fourth-order valence-corrected chi connectivity index (χ4v) is 4.77. The summed E-state index contributed by atoms with van der Waals surface area (Å²) in [7, 11) is 0. The second-order valence-corrected chi connectivity index (χ2v) is 8.90. The van der Waals surface area contributed by atoms with Crippen molar-refractivity contribution in [2.24, 2.45) is 11.5 Å². The third-order valence-corrected chi connectivity index (χ3v) is 6.61. The molecule has 1 saturated heterocycles. The summed E-state index contributed by atoms with van der Waals surface area (Å²) in [5.74, 6) is 0.824. The van der Waals surface area contributed by atoms with E-state index in [0.717, 1.165) is 57.6 Å². The van der Waals surface area contributed by atoms with E-state index in [1.165, 1.54) is 0 Å². The van der Waals surface area contributed by atoms with Gasteiger partial charge in [-0.2, -0.15) is 0 Å². The second-order valence-electron chi connectivity index (χ2n) is 8.90. The largest absolute Gasteiger partial charge is 0.457 e. The van der Waals surface area contributed by atoms with E-state index in [1.807, 2.05) is 30.3 Å². The van der Waals surface area contributed by atoms with E-state index in [4.69, 9.17) is 21.6 Å². The number of para-hydroxylation sites is 1. The van der Waals surface area contributed by atoms with Gasteiger partial charge in [-0.15, -0.1) is 0 Å². The zero-order valence-electron chi connectivity index (χ0n) is 19.4. The molecular formula is C26H34N6O2. The molecule has 2 fully saturated rings. The fraction of sp³-hybridized carbons (Fsp3) is 0.385. The number of carbonyl (C=O) groups is 1. The Hall–Kier alpha value is -3.36. The van der Waals surface area contributed by atoms with Crippen molar-refractivity contribution in [3.8, 4) is 11.5 Å². The van der Waals surface area contributed by atoms with Crippen LogP contribution in [0.1, 0.15) is 31.2 Å². The molecule has 0 spiro atoms. The average molecular weight is 463 g/mol. The van der Waals surface area contributed by atoms with Crippen LogP contribution in [0.4, 0.5) is 0 Å². The van der Waals surface area contributed by atoms with Crippen LogP contribution in [0.5, 0.6) is 11.5 Å². The molecule has 2 aliphatic rings. The molecule has 0 radical (unpaired) electrons. The molecule has 2 aromatic rings. The van der Waals surface area contributed by atoms with Crippen molar-refractivity contribution in [1.29, 1.82) is 5.41 Å². The number of nitrogens with two attached hydrogens (primary N) is 2. The van der Waals surface area contributed by atoms with Gasteiger partial charge in [-0.05, 0) is 62.1 Å². The third kappa shape index (κ3) is 5.95. The van der Waals surface area contributed by atoms with Crippen LogP contribution in [0.15, 0.2) is 66.0 Å². The molecule has 4 rings (SSSR count). The number of hydrogen-bond donors (Lipinski definition) is 5. The van der Waals surface area contributed by atoms with Crippen molar-refractivity contribution < 1.29 is 9.53 Å². The van der Waals surface area contributed by atoms with Gasteiger partial charge in [0.1, 0.15) is 22.9 Å². The van der Waals surface area contributed by atoms with Gasteiger partial charge in [-0.1, -0.05) is 18.2 Å². The van der Waals surface area contributed by atoms with Crippen LogP contribution in [-0.4, -0.2) is 54.8 Å². The van der Waals surface area contributed by atoms with Gasteiger partial charge in [0.05, 0.1) is 5.71 Å². The van der Waals surface area contributed by atoms with E-state index in [1.54, 1.807) is 24.3 Å². The molecule has 7 N–H and O–H groups in total. The Labute approximate surface area is 200 Å². The number of rotatable bonds is 8. The summed E-state index contributed by atoms with van der Waals surface area (Å²) < 4.78 is 5.80. The van der Waals surface area contributed by atoms with Crippen LogP contribution >= 0.6 is 0 Å². The van der Waals surface area contributed by atoms with Crippen molar-refractivity contribution >= 4 is 11.6 Å². The highest BCUT2D eigenvalue weighted by Crippen LogP contribution is 2.25. The molecule has 8 heteroatoms. The second kappa shape index (κ2) is 11.2. The molecule has 0 atom stereocenters. The zero-order chi connectivity index (χ0) is 23.9. The number of hydrogen-bond acceptors (Lipinski definition) is 7. The van der Waals surface area contributed by atoms with Crippen molar-refractivity contribution in [3.05, 3.63) is 71.6 Å². The molecule has 1 saturated carbocycles. The van der Waals surface area contributed by atoms with Crippen LogP contribution in [0.3, 0.4) is 0 Å². The summed E-state index contributed by atoms with van der Waals surface area (Å²) in [6.07, 6.45) is 4.13. The highest BCUT2D eigenvalue weighted by Gasteiger charge is 2.28. The molecule has 8 nitrogen and oxygen atoms in total. The first kappa shape index (κ1) is 23.8. The van der Waals surface area contributed by atoms with Crippen LogP contribution in [0, 0.1) is 5.41 Å².